The molecule has 7 nitrogen and oxygen atoms in total. The van der Waals surface area contributed by atoms with Crippen molar-refractivity contribution in [2.45, 2.75) is 30.8 Å². The lowest BCUT2D eigenvalue weighted by atomic mass is 10.1. The highest BCUT2D eigenvalue weighted by Crippen LogP contribution is 2.33. The van der Waals surface area contributed by atoms with Gasteiger partial charge in [0.25, 0.3) is 5.56 Å². The maximum absolute atomic E-state index is 13.5. The van der Waals surface area contributed by atoms with Crippen LogP contribution in [0.15, 0.2) is 70.6 Å². The van der Waals surface area contributed by atoms with Gasteiger partial charge in [-0.15, -0.1) is 11.3 Å². The lowest BCUT2D eigenvalue weighted by Crippen LogP contribution is -2.39. The molecule has 2 heterocycles. The number of amides is 3. The molecule has 0 bridgehead atoms. The summed E-state index contributed by atoms with van der Waals surface area (Å²) < 4.78 is 2.13. The van der Waals surface area contributed by atoms with Crippen LogP contribution in [-0.2, 0) is 11.3 Å². The fraction of sp³-hybridized carbons (Fsp3) is 0.167. The number of hydrogen-bond donors (Lipinski definition) is 2. The van der Waals surface area contributed by atoms with E-state index in [4.69, 9.17) is 10.7 Å². The molecule has 0 aliphatic heterocycles. The molecule has 33 heavy (non-hydrogen) atoms. The van der Waals surface area contributed by atoms with Gasteiger partial charge in [0, 0.05) is 4.88 Å². The molecule has 2 aromatic heterocycles. The Bertz CT molecular complexity index is 1380. The minimum Gasteiger partial charge on any atom is -0.351 e. The molecule has 4 aromatic rings. The number of nitrogens with two attached hydrogens (primary N) is 1. The average Bonchev–Trinajstić information content (AvgIpc) is 3.21. The summed E-state index contributed by atoms with van der Waals surface area (Å²) in [6.07, 6.45) is 0. The Morgan fingerprint density at radius 1 is 1.15 bits per heavy atom. The molecule has 4 rings (SSSR count). The smallest absolute Gasteiger partial charge is 0.318 e. The van der Waals surface area contributed by atoms with Crippen LogP contribution in [0.3, 0.4) is 0 Å². The van der Waals surface area contributed by atoms with E-state index in [0.29, 0.717) is 21.9 Å². The second-order valence-corrected chi connectivity index (χ2v) is 9.94. The summed E-state index contributed by atoms with van der Waals surface area (Å²) in [5.41, 5.74) is 8.59. The molecular formula is C24H22N4O3S2. The van der Waals surface area contributed by atoms with Crippen molar-refractivity contribution in [2.24, 2.45) is 5.73 Å². The molecular weight excluding hydrogens is 456 g/mol. The van der Waals surface area contributed by atoms with Crippen LogP contribution < -0.4 is 16.6 Å². The number of aromatic nitrogens is 2. The number of nitrogens with one attached hydrogen (secondary N) is 1. The zero-order valence-electron chi connectivity index (χ0n) is 18.1. The van der Waals surface area contributed by atoms with Crippen molar-refractivity contribution >= 4 is 45.3 Å². The highest BCUT2D eigenvalue weighted by atomic mass is 32.2. The predicted molar refractivity (Wildman–Crippen MR) is 133 cm³/mol. The number of fused-ring (bicyclic) bond motifs is 1. The third-order valence-electron chi connectivity index (χ3n) is 5.02. The molecule has 0 unspecified atom stereocenters. The van der Waals surface area contributed by atoms with Crippen LogP contribution in [-0.4, -0.2) is 26.7 Å². The van der Waals surface area contributed by atoms with E-state index >= 15 is 0 Å². The van der Waals surface area contributed by atoms with E-state index < -0.39 is 17.2 Å². The number of imide groups is 1. The Kier molecular flexibility index (Phi) is 6.62. The molecule has 0 saturated heterocycles. The summed E-state index contributed by atoms with van der Waals surface area (Å²) in [5.74, 6) is -0.543. The number of carbonyl (C=O) groups excluding carboxylic acids is 2. The van der Waals surface area contributed by atoms with Crippen LogP contribution in [0, 0.1) is 6.92 Å². The van der Waals surface area contributed by atoms with Crippen molar-refractivity contribution in [2.75, 3.05) is 0 Å². The zero-order chi connectivity index (χ0) is 23.5. The number of hydrogen-bond acceptors (Lipinski definition) is 6. The zero-order valence-corrected chi connectivity index (χ0v) is 19.7. The van der Waals surface area contributed by atoms with Gasteiger partial charge in [0.2, 0.25) is 5.91 Å². The van der Waals surface area contributed by atoms with Crippen LogP contribution in [0.5, 0.6) is 0 Å². The Hall–Kier alpha value is -3.43. The minimum atomic E-state index is -0.918. The van der Waals surface area contributed by atoms with E-state index in [1.807, 2.05) is 67.6 Å². The normalized spacial score (nSPS) is 11.9. The number of carbonyl (C=O) groups is 2. The van der Waals surface area contributed by atoms with Crippen molar-refractivity contribution < 1.29 is 9.59 Å². The number of primary amides is 1. The van der Waals surface area contributed by atoms with Crippen molar-refractivity contribution in [3.63, 3.8) is 0 Å². The molecule has 0 fully saturated rings. The fourth-order valence-corrected chi connectivity index (χ4v) is 5.24. The van der Waals surface area contributed by atoms with E-state index in [0.717, 1.165) is 33.3 Å². The van der Waals surface area contributed by atoms with Crippen molar-refractivity contribution in [1.29, 1.82) is 0 Å². The van der Waals surface area contributed by atoms with Gasteiger partial charge in [0.15, 0.2) is 5.16 Å². The van der Waals surface area contributed by atoms with E-state index in [1.54, 1.807) is 11.5 Å². The molecule has 0 aliphatic carbocycles. The maximum atomic E-state index is 13.5. The van der Waals surface area contributed by atoms with E-state index in [1.165, 1.54) is 11.3 Å². The van der Waals surface area contributed by atoms with Crippen LogP contribution in [0.1, 0.15) is 18.1 Å². The van der Waals surface area contributed by atoms with Gasteiger partial charge < -0.3 is 5.73 Å². The van der Waals surface area contributed by atoms with E-state index in [2.05, 4.69) is 5.32 Å². The van der Waals surface area contributed by atoms with Gasteiger partial charge in [-0.25, -0.2) is 9.78 Å². The minimum absolute atomic E-state index is 0.169. The molecule has 2 aromatic carbocycles. The molecule has 168 valence electrons. The number of rotatable bonds is 6. The second kappa shape index (κ2) is 9.60. The van der Waals surface area contributed by atoms with Gasteiger partial charge in [0.05, 0.1) is 17.3 Å². The summed E-state index contributed by atoms with van der Waals surface area (Å²) in [6.45, 7) is 3.97. The molecule has 9 heteroatoms. The number of urea groups is 1. The van der Waals surface area contributed by atoms with Crippen molar-refractivity contribution in [3.8, 4) is 10.4 Å². The third-order valence-corrected chi connectivity index (χ3v) is 7.27. The highest BCUT2D eigenvalue weighted by Gasteiger charge is 2.21. The van der Waals surface area contributed by atoms with Crippen LogP contribution in [0.2, 0.25) is 0 Å². The van der Waals surface area contributed by atoms with Gasteiger partial charge in [-0.2, -0.15) is 0 Å². The lowest BCUT2D eigenvalue weighted by Gasteiger charge is -2.15. The summed E-state index contributed by atoms with van der Waals surface area (Å²) in [7, 11) is 0. The summed E-state index contributed by atoms with van der Waals surface area (Å²) in [4.78, 5) is 42.5. The number of nitrogens with zero attached hydrogens (tertiary/aromatic N) is 2. The van der Waals surface area contributed by atoms with Gasteiger partial charge in [-0.1, -0.05) is 71.9 Å². The number of thiophene rings is 1. The summed E-state index contributed by atoms with van der Waals surface area (Å²) in [6, 6.07) is 18.7. The quantitative estimate of drug-likeness (QED) is 0.320. The fourth-order valence-electron chi connectivity index (χ4n) is 3.28. The largest absolute Gasteiger partial charge is 0.351 e. The lowest BCUT2D eigenvalue weighted by molar-refractivity contribution is -0.119. The van der Waals surface area contributed by atoms with Crippen LogP contribution in [0.4, 0.5) is 4.79 Å². The maximum Gasteiger partial charge on any atom is 0.318 e. The van der Waals surface area contributed by atoms with E-state index in [-0.39, 0.29) is 5.56 Å². The van der Waals surface area contributed by atoms with Gasteiger partial charge in [0.1, 0.15) is 4.70 Å². The first-order chi connectivity index (χ1) is 15.8. The standard InChI is InChI=1S/C24H22N4O3S2/c1-14-8-10-17(11-9-14)19-12-18-20(33-19)22(30)28(13-16-6-4-3-5-7-16)24(26-18)32-15(2)21(29)27-23(25)31/h3-12,15H,13H2,1-2H3,(H3,25,27,29,31)/t15-/m1/s1. The summed E-state index contributed by atoms with van der Waals surface area (Å²) >= 11 is 2.52. The Morgan fingerprint density at radius 3 is 2.52 bits per heavy atom. The predicted octanol–water partition coefficient (Wildman–Crippen LogP) is 4.16. The van der Waals surface area contributed by atoms with Gasteiger partial charge in [-0.05, 0) is 31.0 Å². The Morgan fingerprint density at radius 2 is 1.85 bits per heavy atom. The highest BCUT2D eigenvalue weighted by molar-refractivity contribution is 8.00. The summed E-state index contributed by atoms with van der Waals surface area (Å²) in [5, 5.41) is 1.80. The third kappa shape index (κ3) is 5.15. The SMILES string of the molecule is Cc1ccc(-c2cc3nc(S[C@H](C)C(=O)NC(N)=O)n(Cc4ccccc4)c(=O)c3s2)cc1. The Labute approximate surface area is 198 Å². The van der Waals surface area contributed by atoms with Gasteiger partial charge in [-0.3, -0.25) is 19.5 Å². The van der Waals surface area contributed by atoms with Gasteiger partial charge >= 0.3 is 6.03 Å². The second-order valence-electron chi connectivity index (χ2n) is 7.58. The molecule has 3 N–H and O–H groups in total. The Balaban J connectivity index is 1.79. The topological polar surface area (TPSA) is 107 Å². The first kappa shape index (κ1) is 22.8. The van der Waals surface area contributed by atoms with Crippen molar-refractivity contribution in [3.05, 3.63) is 82.1 Å². The molecule has 0 radical (unpaired) electrons. The van der Waals surface area contributed by atoms with Crippen LogP contribution in [0.25, 0.3) is 20.7 Å². The monoisotopic (exact) mass is 478 g/mol. The molecule has 1 atom stereocenters. The average molecular weight is 479 g/mol. The number of benzene rings is 2. The van der Waals surface area contributed by atoms with Crippen LogP contribution >= 0.6 is 23.1 Å². The molecule has 0 spiro atoms. The molecule has 0 aliphatic rings. The number of aryl methyl sites for hydroxylation is 1. The number of thioether (sulfide) groups is 1. The molecule has 0 saturated carbocycles. The van der Waals surface area contributed by atoms with Crippen molar-refractivity contribution in [1.82, 2.24) is 14.9 Å². The first-order valence-electron chi connectivity index (χ1n) is 10.2. The molecule has 3 amide bonds. The van der Waals surface area contributed by atoms with E-state index in [9.17, 15) is 14.4 Å². The first-order valence-corrected chi connectivity index (χ1v) is 11.9.